The summed E-state index contributed by atoms with van der Waals surface area (Å²) in [6.07, 6.45) is 3.62. The van der Waals surface area contributed by atoms with E-state index in [-0.39, 0.29) is 11.9 Å². The van der Waals surface area contributed by atoms with Gasteiger partial charge >= 0.3 is 0 Å². The minimum atomic E-state index is -0.265. The van der Waals surface area contributed by atoms with Crippen LogP contribution in [0.25, 0.3) is 0 Å². The van der Waals surface area contributed by atoms with Crippen LogP contribution >= 0.6 is 11.6 Å². The molecule has 0 bridgehead atoms. The molecule has 17 heavy (non-hydrogen) atoms. The third-order valence-electron chi connectivity index (χ3n) is 3.69. The van der Waals surface area contributed by atoms with E-state index in [0.29, 0.717) is 23.2 Å². The van der Waals surface area contributed by atoms with E-state index in [2.05, 4.69) is 4.90 Å². The Morgan fingerprint density at radius 3 is 2.71 bits per heavy atom. The Hall–Kier alpha value is -0.640. The normalized spacial score (nSPS) is 18.2. The van der Waals surface area contributed by atoms with Crippen molar-refractivity contribution in [1.29, 1.82) is 0 Å². The summed E-state index contributed by atoms with van der Waals surface area (Å²) >= 11 is 5.76. The van der Waals surface area contributed by atoms with Crippen molar-refractivity contribution in [3.8, 4) is 0 Å². The van der Waals surface area contributed by atoms with E-state index in [1.165, 1.54) is 25.3 Å². The van der Waals surface area contributed by atoms with Gasteiger partial charge in [0.1, 0.15) is 5.82 Å². The molecule has 2 rings (SSSR count). The molecule has 1 atom stereocenters. The van der Waals surface area contributed by atoms with Crippen LogP contribution in [0, 0.1) is 5.82 Å². The molecule has 1 unspecified atom stereocenters. The first-order valence-corrected chi connectivity index (χ1v) is 6.38. The maximum absolute atomic E-state index is 13.9. The smallest absolute Gasteiger partial charge is 0.129 e. The van der Waals surface area contributed by atoms with Crippen molar-refractivity contribution in [3.63, 3.8) is 0 Å². The molecule has 1 aliphatic carbocycles. The van der Waals surface area contributed by atoms with Gasteiger partial charge in [-0.1, -0.05) is 24.1 Å². The van der Waals surface area contributed by atoms with Crippen molar-refractivity contribution < 1.29 is 4.39 Å². The summed E-state index contributed by atoms with van der Waals surface area (Å²) in [7, 11) is 2.02. The fourth-order valence-electron chi connectivity index (χ4n) is 2.33. The second-order valence-electron chi connectivity index (χ2n) is 4.67. The Bertz CT molecular complexity index is 393. The molecule has 94 valence electrons. The fourth-order valence-corrected chi connectivity index (χ4v) is 2.49. The van der Waals surface area contributed by atoms with E-state index in [0.717, 1.165) is 0 Å². The topological polar surface area (TPSA) is 29.3 Å². The van der Waals surface area contributed by atoms with Gasteiger partial charge in [0.05, 0.1) is 0 Å². The van der Waals surface area contributed by atoms with Crippen molar-refractivity contribution in [2.75, 3.05) is 13.6 Å². The zero-order valence-corrected chi connectivity index (χ0v) is 10.8. The molecule has 0 saturated heterocycles. The zero-order valence-electron chi connectivity index (χ0n) is 10.00. The number of hydrogen-bond donors (Lipinski definition) is 1. The number of hydrogen-bond acceptors (Lipinski definition) is 2. The summed E-state index contributed by atoms with van der Waals surface area (Å²) in [4.78, 5) is 2.19. The Balaban J connectivity index is 2.21. The van der Waals surface area contributed by atoms with Crippen LogP contribution in [-0.4, -0.2) is 24.5 Å². The lowest BCUT2D eigenvalue weighted by Gasteiger charge is -2.39. The molecule has 2 N–H and O–H groups in total. The number of benzene rings is 1. The van der Waals surface area contributed by atoms with Gasteiger partial charge in [-0.3, -0.25) is 4.90 Å². The lowest BCUT2D eigenvalue weighted by Crippen LogP contribution is -2.42. The van der Waals surface area contributed by atoms with E-state index >= 15 is 0 Å². The average Bonchev–Trinajstić information content (AvgIpc) is 2.19. The second-order valence-corrected chi connectivity index (χ2v) is 5.10. The van der Waals surface area contributed by atoms with E-state index in [1.807, 2.05) is 7.05 Å². The SMILES string of the molecule is CN(C1CCC1)C(CN)c1ccc(Cl)cc1F. The van der Waals surface area contributed by atoms with Gasteiger partial charge < -0.3 is 5.73 Å². The number of nitrogens with zero attached hydrogens (tertiary/aromatic N) is 1. The summed E-state index contributed by atoms with van der Waals surface area (Å²) < 4.78 is 13.9. The van der Waals surface area contributed by atoms with Crippen LogP contribution in [0.5, 0.6) is 0 Å². The molecule has 0 heterocycles. The number of rotatable bonds is 4. The molecule has 1 saturated carbocycles. The Morgan fingerprint density at radius 1 is 1.53 bits per heavy atom. The molecule has 0 aliphatic heterocycles. The molecule has 0 aromatic heterocycles. The van der Waals surface area contributed by atoms with Crippen molar-refractivity contribution in [2.45, 2.75) is 31.3 Å². The molecule has 0 radical (unpaired) electrons. The van der Waals surface area contributed by atoms with E-state index < -0.39 is 0 Å². The molecule has 4 heteroatoms. The van der Waals surface area contributed by atoms with Gasteiger partial charge in [-0.2, -0.15) is 0 Å². The zero-order chi connectivity index (χ0) is 12.4. The highest BCUT2D eigenvalue weighted by atomic mass is 35.5. The number of halogens is 2. The third-order valence-corrected chi connectivity index (χ3v) is 3.92. The number of likely N-dealkylation sites (N-methyl/N-ethyl adjacent to an activating group) is 1. The van der Waals surface area contributed by atoms with Gasteiger partial charge in [-0.05, 0) is 32.0 Å². The molecule has 1 aromatic carbocycles. The first-order chi connectivity index (χ1) is 8.13. The Morgan fingerprint density at radius 2 is 2.24 bits per heavy atom. The Labute approximate surface area is 107 Å². The summed E-state index contributed by atoms with van der Waals surface area (Å²) in [5.74, 6) is -0.265. The van der Waals surface area contributed by atoms with Gasteiger partial charge in [0.25, 0.3) is 0 Å². The van der Waals surface area contributed by atoms with Crippen molar-refractivity contribution in [2.24, 2.45) is 5.73 Å². The average molecular weight is 257 g/mol. The predicted molar refractivity (Wildman–Crippen MR) is 68.6 cm³/mol. The molecular formula is C13H18ClFN2. The highest BCUT2D eigenvalue weighted by Gasteiger charge is 2.29. The summed E-state index contributed by atoms with van der Waals surface area (Å²) in [6.45, 7) is 0.422. The highest BCUT2D eigenvalue weighted by Crippen LogP contribution is 2.32. The molecule has 2 nitrogen and oxygen atoms in total. The minimum Gasteiger partial charge on any atom is -0.329 e. The molecule has 0 spiro atoms. The van der Waals surface area contributed by atoms with Gasteiger partial charge in [0.2, 0.25) is 0 Å². The Kier molecular flexibility index (Phi) is 4.02. The van der Waals surface area contributed by atoms with Crippen molar-refractivity contribution in [3.05, 3.63) is 34.6 Å². The van der Waals surface area contributed by atoms with E-state index in [9.17, 15) is 4.39 Å². The third kappa shape index (κ3) is 2.62. The van der Waals surface area contributed by atoms with Gasteiger partial charge in [-0.25, -0.2) is 4.39 Å². The first-order valence-electron chi connectivity index (χ1n) is 6.00. The molecular weight excluding hydrogens is 239 g/mol. The summed E-state index contributed by atoms with van der Waals surface area (Å²) in [5, 5.41) is 0.424. The summed E-state index contributed by atoms with van der Waals surface area (Å²) in [5.41, 5.74) is 6.43. The largest absolute Gasteiger partial charge is 0.329 e. The van der Waals surface area contributed by atoms with Crippen molar-refractivity contribution >= 4 is 11.6 Å². The van der Waals surface area contributed by atoms with Crippen LogP contribution in [0.4, 0.5) is 4.39 Å². The number of nitrogens with two attached hydrogens (primary N) is 1. The molecule has 1 aliphatic rings. The quantitative estimate of drug-likeness (QED) is 0.898. The maximum Gasteiger partial charge on any atom is 0.129 e. The lowest BCUT2D eigenvalue weighted by molar-refractivity contribution is 0.111. The van der Waals surface area contributed by atoms with Crippen LogP contribution in [-0.2, 0) is 0 Å². The van der Waals surface area contributed by atoms with Crippen LogP contribution in [0.2, 0.25) is 5.02 Å². The summed E-state index contributed by atoms with van der Waals surface area (Å²) in [6, 6.07) is 5.30. The van der Waals surface area contributed by atoms with Gasteiger partial charge in [0, 0.05) is 29.2 Å². The van der Waals surface area contributed by atoms with E-state index in [1.54, 1.807) is 12.1 Å². The molecule has 1 aromatic rings. The maximum atomic E-state index is 13.9. The molecule has 0 amide bonds. The van der Waals surface area contributed by atoms with Crippen LogP contribution in [0.15, 0.2) is 18.2 Å². The van der Waals surface area contributed by atoms with Crippen LogP contribution in [0.3, 0.4) is 0 Å². The van der Waals surface area contributed by atoms with Crippen molar-refractivity contribution in [1.82, 2.24) is 4.90 Å². The second kappa shape index (κ2) is 5.34. The monoisotopic (exact) mass is 256 g/mol. The van der Waals surface area contributed by atoms with Gasteiger partial charge in [0.15, 0.2) is 0 Å². The lowest BCUT2D eigenvalue weighted by atomic mass is 9.89. The fraction of sp³-hybridized carbons (Fsp3) is 0.538. The van der Waals surface area contributed by atoms with Crippen LogP contribution in [0.1, 0.15) is 30.9 Å². The first kappa shape index (κ1) is 12.8. The van der Waals surface area contributed by atoms with Crippen LogP contribution < -0.4 is 5.73 Å². The van der Waals surface area contributed by atoms with E-state index in [4.69, 9.17) is 17.3 Å². The highest BCUT2D eigenvalue weighted by molar-refractivity contribution is 6.30. The molecule has 1 fully saturated rings. The predicted octanol–water partition coefficient (Wildman–Crippen LogP) is 2.96. The van der Waals surface area contributed by atoms with Gasteiger partial charge in [-0.15, -0.1) is 0 Å². The minimum absolute atomic E-state index is 0.0578. The standard InChI is InChI=1S/C13H18ClFN2/c1-17(10-3-2-4-10)13(8-16)11-6-5-9(14)7-12(11)15/h5-7,10,13H,2-4,8,16H2,1H3.